The molecule has 2 aliphatic rings. The molecule has 8 heteroatoms. The summed E-state index contributed by atoms with van der Waals surface area (Å²) in [4.78, 5) is 22.7. The monoisotopic (exact) mass is 484 g/mol. The fourth-order valence-corrected chi connectivity index (χ4v) is 4.72. The first-order valence-corrected chi connectivity index (χ1v) is 12.8. The Bertz CT molecular complexity index is 676. The van der Waals surface area contributed by atoms with Gasteiger partial charge in [0, 0.05) is 24.7 Å². The summed E-state index contributed by atoms with van der Waals surface area (Å²) >= 11 is 0. The number of epoxide rings is 1. The van der Waals surface area contributed by atoms with E-state index in [1.165, 1.54) is 0 Å². The molecule has 4 N–H and O–H groups in total. The molecule has 8 atom stereocenters. The van der Waals surface area contributed by atoms with Crippen LogP contribution in [-0.4, -0.2) is 75.4 Å². The van der Waals surface area contributed by atoms with Crippen LogP contribution in [0.5, 0.6) is 0 Å². The number of carbonyl (C=O) groups is 2. The van der Waals surface area contributed by atoms with E-state index in [-0.39, 0.29) is 36.2 Å². The number of ketones is 1. The molecule has 0 aliphatic carbocycles. The summed E-state index contributed by atoms with van der Waals surface area (Å²) in [5.41, 5.74) is 0.824. The van der Waals surface area contributed by atoms with Crippen LogP contribution in [0, 0.1) is 11.8 Å². The molecule has 2 fully saturated rings. The van der Waals surface area contributed by atoms with E-state index in [9.17, 15) is 24.9 Å². The predicted molar refractivity (Wildman–Crippen MR) is 127 cm³/mol. The van der Waals surface area contributed by atoms with Gasteiger partial charge in [0.2, 0.25) is 0 Å². The summed E-state index contributed by atoms with van der Waals surface area (Å²) in [6.07, 6.45) is 5.66. The number of ether oxygens (including phenoxy) is 2. The minimum atomic E-state index is -1.02. The fraction of sp³-hybridized carbons (Fsp3) is 0.846. The van der Waals surface area contributed by atoms with E-state index in [4.69, 9.17) is 14.6 Å². The summed E-state index contributed by atoms with van der Waals surface area (Å²) in [7, 11) is 0. The first-order valence-electron chi connectivity index (χ1n) is 12.8. The summed E-state index contributed by atoms with van der Waals surface area (Å²) in [5.74, 6) is -0.898. The average Bonchev–Trinajstić information content (AvgIpc) is 3.53. The van der Waals surface area contributed by atoms with Crippen LogP contribution in [0.15, 0.2) is 11.6 Å². The number of hydrogen-bond donors (Lipinski definition) is 4. The number of rotatable bonds is 16. The molecule has 0 unspecified atom stereocenters. The summed E-state index contributed by atoms with van der Waals surface area (Å²) < 4.78 is 11.5. The van der Waals surface area contributed by atoms with Gasteiger partial charge in [0.1, 0.15) is 6.10 Å². The molecule has 0 aromatic carbocycles. The molecular formula is C26H44O8. The molecule has 0 spiro atoms. The smallest absolute Gasteiger partial charge is 0.303 e. The van der Waals surface area contributed by atoms with Gasteiger partial charge in [0.05, 0.1) is 37.1 Å². The quantitative estimate of drug-likeness (QED) is 0.149. The molecule has 2 saturated heterocycles. The predicted octanol–water partition coefficient (Wildman–Crippen LogP) is 3.01. The Morgan fingerprint density at radius 2 is 1.59 bits per heavy atom. The van der Waals surface area contributed by atoms with Crippen LogP contribution in [0.3, 0.4) is 0 Å². The third-order valence-electron chi connectivity index (χ3n) is 7.17. The zero-order valence-corrected chi connectivity index (χ0v) is 20.9. The van der Waals surface area contributed by atoms with Crippen LogP contribution in [-0.2, 0) is 19.1 Å². The van der Waals surface area contributed by atoms with Crippen molar-refractivity contribution in [3.63, 3.8) is 0 Å². The average molecular weight is 485 g/mol. The van der Waals surface area contributed by atoms with E-state index >= 15 is 0 Å². The van der Waals surface area contributed by atoms with Crippen LogP contribution in [0.25, 0.3) is 0 Å². The van der Waals surface area contributed by atoms with E-state index in [1.807, 2.05) is 13.8 Å². The van der Waals surface area contributed by atoms with E-state index < -0.39 is 30.4 Å². The Morgan fingerprint density at radius 1 is 0.971 bits per heavy atom. The lowest BCUT2D eigenvalue weighted by Gasteiger charge is -2.38. The van der Waals surface area contributed by atoms with E-state index in [2.05, 4.69) is 0 Å². The maximum absolute atomic E-state index is 12.2. The third-order valence-corrected chi connectivity index (χ3v) is 7.17. The number of carboxylic acids is 1. The largest absolute Gasteiger partial charge is 0.481 e. The molecule has 0 aromatic rings. The number of carbonyl (C=O) groups excluding carboxylic acids is 1. The molecular weight excluding hydrogens is 440 g/mol. The van der Waals surface area contributed by atoms with Crippen LogP contribution in [0.4, 0.5) is 0 Å². The van der Waals surface area contributed by atoms with Crippen LogP contribution < -0.4 is 0 Å². The molecule has 0 aromatic heterocycles. The highest BCUT2D eigenvalue weighted by Crippen LogP contribution is 2.38. The Kier molecular flexibility index (Phi) is 12.2. The summed E-state index contributed by atoms with van der Waals surface area (Å²) in [5, 5.41) is 39.5. The second-order valence-corrected chi connectivity index (χ2v) is 10.3. The van der Waals surface area contributed by atoms with Crippen molar-refractivity contribution in [3.8, 4) is 0 Å². The second-order valence-electron chi connectivity index (χ2n) is 10.3. The standard InChI is InChI=1S/C26H44O8/c1-16(12-20(28)10-8-6-4-5-7-9-11-23(29)30)13-21-25(32)24(31)19(15-33-21)14-22-26(34-22)17(2)18(3)27/h12,17-19,21-22,24-27,31-32H,4-11,13-15H2,1-3H3,(H,29,30)/b16-12+/t17-,18-,19-,21-,22+,24+,25-,26-/m0/s1. The van der Waals surface area contributed by atoms with Gasteiger partial charge in [-0.1, -0.05) is 38.2 Å². The number of hydrogen-bond acceptors (Lipinski definition) is 7. The van der Waals surface area contributed by atoms with Crippen molar-refractivity contribution >= 4 is 11.8 Å². The molecule has 8 nitrogen and oxygen atoms in total. The summed E-state index contributed by atoms with van der Waals surface area (Å²) in [6.45, 7) is 5.85. The van der Waals surface area contributed by atoms with Crippen molar-refractivity contribution in [1.29, 1.82) is 0 Å². The highest BCUT2D eigenvalue weighted by atomic mass is 16.6. The van der Waals surface area contributed by atoms with Gasteiger partial charge < -0.3 is 29.9 Å². The molecule has 2 aliphatic heterocycles. The molecule has 2 heterocycles. The van der Waals surface area contributed by atoms with Gasteiger partial charge in [-0.15, -0.1) is 0 Å². The lowest BCUT2D eigenvalue weighted by atomic mass is 9.85. The SMILES string of the molecule is C/C(=C\C(=O)CCCCCCCCC(=O)O)C[C@@H]1OC[C@H](C[C@H]2O[C@H]2[C@@H](C)[C@H](C)O)[C@@H](O)[C@H]1O. The normalized spacial score (nSPS) is 31.2. The van der Waals surface area contributed by atoms with Crippen LogP contribution in [0.2, 0.25) is 0 Å². The topological polar surface area (TPSA) is 137 Å². The van der Waals surface area contributed by atoms with Gasteiger partial charge in [0.15, 0.2) is 5.78 Å². The molecule has 0 radical (unpaired) electrons. The van der Waals surface area contributed by atoms with Crippen LogP contribution >= 0.6 is 0 Å². The minimum absolute atomic E-state index is 0.0183. The fourth-order valence-electron chi connectivity index (χ4n) is 4.72. The number of unbranched alkanes of at least 4 members (excludes halogenated alkanes) is 5. The Morgan fingerprint density at radius 3 is 2.21 bits per heavy atom. The van der Waals surface area contributed by atoms with E-state index in [1.54, 1.807) is 13.0 Å². The van der Waals surface area contributed by atoms with Crippen molar-refractivity contribution in [2.24, 2.45) is 11.8 Å². The van der Waals surface area contributed by atoms with Crippen molar-refractivity contribution in [2.45, 2.75) is 122 Å². The van der Waals surface area contributed by atoms with Gasteiger partial charge in [0.25, 0.3) is 0 Å². The highest BCUT2D eigenvalue weighted by molar-refractivity contribution is 5.90. The first-order chi connectivity index (χ1) is 16.1. The second kappa shape index (κ2) is 14.3. The lowest BCUT2D eigenvalue weighted by Crippen LogP contribution is -2.50. The Labute approximate surface area is 203 Å². The number of aliphatic carboxylic acids is 1. The van der Waals surface area contributed by atoms with Crippen molar-refractivity contribution in [1.82, 2.24) is 0 Å². The number of allylic oxidation sites excluding steroid dienone is 1. The van der Waals surface area contributed by atoms with Gasteiger partial charge >= 0.3 is 5.97 Å². The van der Waals surface area contributed by atoms with E-state index in [0.29, 0.717) is 32.3 Å². The van der Waals surface area contributed by atoms with Crippen LogP contribution in [0.1, 0.15) is 85.0 Å². The molecule has 34 heavy (non-hydrogen) atoms. The van der Waals surface area contributed by atoms with Gasteiger partial charge in [-0.3, -0.25) is 9.59 Å². The lowest BCUT2D eigenvalue weighted by molar-refractivity contribution is -0.165. The molecule has 2 rings (SSSR count). The molecule has 0 bridgehead atoms. The number of aliphatic hydroxyl groups is 3. The van der Waals surface area contributed by atoms with Gasteiger partial charge in [-0.2, -0.15) is 0 Å². The van der Waals surface area contributed by atoms with E-state index in [0.717, 1.165) is 37.7 Å². The Balaban J connectivity index is 1.64. The third kappa shape index (κ3) is 9.74. The maximum atomic E-state index is 12.2. The van der Waals surface area contributed by atoms with Gasteiger partial charge in [-0.05, 0) is 45.6 Å². The zero-order valence-electron chi connectivity index (χ0n) is 20.9. The van der Waals surface area contributed by atoms with Crippen molar-refractivity contribution in [3.05, 3.63) is 11.6 Å². The molecule has 0 saturated carbocycles. The Hall–Kier alpha value is -1.32. The molecule has 0 amide bonds. The van der Waals surface area contributed by atoms with Crippen molar-refractivity contribution in [2.75, 3.05) is 6.61 Å². The maximum Gasteiger partial charge on any atom is 0.303 e. The minimum Gasteiger partial charge on any atom is -0.481 e. The number of carboxylic acid groups (broad SMARTS) is 1. The van der Waals surface area contributed by atoms with Gasteiger partial charge in [-0.25, -0.2) is 0 Å². The van der Waals surface area contributed by atoms with Crippen molar-refractivity contribution < 1.29 is 39.5 Å². The molecule has 196 valence electrons. The highest BCUT2D eigenvalue weighted by Gasteiger charge is 2.48. The summed E-state index contributed by atoms with van der Waals surface area (Å²) in [6, 6.07) is 0. The number of aliphatic hydroxyl groups excluding tert-OH is 3. The first kappa shape index (κ1) is 28.9. The zero-order chi connectivity index (χ0) is 25.3.